The fraction of sp³-hybridized carbons (Fsp3) is 0.273. The van der Waals surface area contributed by atoms with Crippen LogP contribution in [0.1, 0.15) is 25.6 Å². The number of ether oxygens (including phenoxy) is 1. The number of carbonyl (C=O) groups excluding carboxylic acids is 1. The molecule has 0 fully saturated rings. The third-order valence-electron chi connectivity index (χ3n) is 4.47. The van der Waals surface area contributed by atoms with Gasteiger partial charge in [0.15, 0.2) is 10.9 Å². The Morgan fingerprint density at radius 1 is 1.28 bits per heavy atom. The molecular formula is C22H23ClN6O2S. The molecule has 4 aromatic rings. The van der Waals surface area contributed by atoms with Gasteiger partial charge in [-0.2, -0.15) is 5.10 Å². The van der Waals surface area contributed by atoms with Crippen LogP contribution in [0.2, 0.25) is 5.02 Å². The fourth-order valence-electron chi connectivity index (χ4n) is 3.03. The Bertz CT molecular complexity index is 1260. The molecule has 0 saturated carbocycles. The van der Waals surface area contributed by atoms with Crippen LogP contribution in [0.15, 0.2) is 42.7 Å². The van der Waals surface area contributed by atoms with Gasteiger partial charge in [-0.1, -0.05) is 29.0 Å². The highest BCUT2D eigenvalue weighted by atomic mass is 35.5. The molecule has 0 aliphatic rings. The monoisotopic (exact) mass is 470 g/mol. The zero-order chi connectivity index (χ0) is 22.9. The van der Waals surface area contributed by atoms with Crippen molar-refractivity contribution in [3.8, 4) is 11.3 Å². The first kappa shape index (κ1) is 22.0. The molecule has 0 spiro atoms. The Hall–Kier alpha value is -3.17. The van der Waals surface area contributed by atoms with Crippen LogP contribution >= 0.6 is 22.9 Å². The van der Waals surface area contributed by atoms with Gasteiger partial charge < -0.3 is 15.0 Å². The first-order valence-corrected chi connectivity index (χ1v) is 11.1. The number of rotatable bonds is 5. The van der Waals surface area contributed by atoms with Crippen LogP contribution in [0.4, 0.5) is 15.7 Å². The number of aromatic amines is 1. The molecule has 10 heteroatoms. The summed E-state index contributed by atoms with van der Waals surface area (Å²) < 4.78 is 5.39. The largest absolute Gasteiger partial charge is 0.444 e. The van der Waals surface area contributed by atoms with Gasteiger partial charge in [0.05, 0.1) is 22.8 Å². The van der Waals surface area contributed by atoms with E-state index in [0.29, 0.717) is 28.2 Å². The lowest BCUT2D eigenvalue weighted by atomic mass is 10.1. The maximum atomic E-state index is 12.2. The molecule has 0 radical (unpaired) electrons. The zero-order valence-corrected chi connectivity index (χ0v) is 19.7. The standard InChI is InChI=1S/C22H23ClN6O2S/c1-22(2,3)31-21(30)29(4)12-14-11-25-20(32-14)26-19-15-10-13(7-8-17(15)27-28-19)18-16(23)6-5-9-24-18/h5-11H,12H2,1-4H3,(H2,25,26,27,28). The van der Waals surface area contributed by atoms with Crippen molar-refractivity contribution in [3.63, 3.8) is 0 Å². The number of anilines is 2. The van der Waals surface area contributed by atoms with Crippen molar-refractivity contribution in [2.45, 2.75) is 32.9 Å². The van der Waals surface area contributed by atoms with Gasteiger partial charge in [-0.3, -0.25) is 10.1 Å². The van der Waals surface area contributed by atoms with Gasteiger partial charge in [0.2, 0.25) is 0 Å². The summed E-state index contributed by atoms with van der Waals surface area (Å²) >= 11 is 7.76. The smallest absolute Gasteiger partial charge is 0.410 e. The summed E-state index contributed by atoms with van der Waals surface area (Å²) in [4.78, 5) is 23.4. The molecule has 0 aliphatic carbocycles. The normalized spacial score (nSPS) is 11.5. The topological polar surface area (TPSA) is 96.0 Å². The van der Waals surface area contributed by atoms with Gasteiger partial charge in [0.1, 0.15) is 5.60 Å². The quantitative estimate of drug-likeness (QED) is 0.380. The predicted molar refractivity (Wildman–Crippen MR) is 127 cm³/mol. The van der Waals surface area contributed by atoms with E-state index in [4.69, 9.17) is 16.3 Å². The summed E-state index contributed by atoms with van der Waals surface area (Å²) in [6, 6.07) is 9.49. The molecule has 0 aliphatic heterocycles. The summed E-state index contributed by atoms with van der Waals surface area (Å²) in [6.45, 7) is 5.93. The summed E-state index contributed by atoms with van der Waals surface area (Å²) in [6.07, 6.45) is 3.08. The van der Waals surface area contributed by atoms with E-state index in [1.807, 2.05) is 45.0 Å². The number of fused-ring (bicyclic) bond motifs is 1. The van der Waals surface area contributed by atoms with E-state index in [1.165, 1.54) is 16.2 Å². The molecule has 0 atom stereocenters. The molecule has 0 unspecified atom stereocenters. The Balaban J connectivity index is 1.51. The van der Waals surface area contributed by atoms with E-state index >= 15 is 0 Å². The Kier molecular flexibility index (Phi) is 6.03. The van der Waals surface area contributed by atoms with Gasteiger partial charge in [0, 0.05) is 35.3 Å². The number of nitrogens with zero attached hydrogens (tertiary/aromatic N) is 4. The highest BCUT2D eigenvalue weighted by molar-refractivity contribution is 7.15. The second-order valence-corrected chi connectivity index (χ2v) is 9.78. The highest BCUT2D eigenvalue weighted by Crippen LogP contribution is 2.32. The van der Waals surface area contributed by atoms with Crippen LogP contribution < -0.4 is 5.32 Å². The maximum Gasteiger partial charge on any atom is 0.410 e. The number of aromatic nitrogens is 4. The van der Waals surface area contributed by atoms with Crippen LogP contribution in [-0.2, 0) is 11.3 Å². The second-order valence-electron chi connectivity index (χ2n) is 8.26. The molecular weight excluding hydrogens is 448 g/mol. The van der Waals surface area contributed by atoms with Gasteiger partial charge >= 0.3 is 6.09 Å². The van der Waals surface area contributed by atoms with E-state index in [-0.39, 0.29) is 6.09 Å². The number of amides is 1. The number of pyridine rings is 1. The molecule has 3 heterocycles. The van der Waals surface area contributed by atoms with Crippen LogP contribution in [0, 0.1) is 0 Å². The number of benzene rings is 1. The number of nitrogens with one attached hydrogen (secondary N) is 2. The number of H-pyrrole nitrogens is 1. The molecule has 32 heavy (non-hydrogen) atoms. The van der Waals surface area contributed by atoms with Crippen molar-refractivity contribution in [2.24, 2.45) is 0 Å². The van der Waals surface area contributed by atoms with Crippen molar-refractivity contribution >= 4 is 50.9 Å². The Morgan fingerprint density at radius 2 is 2.09 bits per heavy atom. The minimum atomic E-state index is -0.537. The molecule has 1 amide bonds. The molecule has 2 N–H and O–H groups in total. The third kappa shape index (κ3) is 5.00. The van der Waals surface area contributed by atoms with Crippen LogP contribution in [0.25, 0.3) is 22.2 Å². The first-order valence-electron chi connectivity index (χ1n) is 9.94. The van der Waals surface area contributed by atoms with Crippen molar-refractivity contribution in [2.75, 3.05) is 12.4 Å². The molecule has 1 aromatic carbocycles. The van der Waals surface area contributed by atoms with E-state index in [0.717, 1.165) is 21.3 Å². The summed E-state index contributed by atoms with van der Waals surface area (Å²) in [5.41, 5.74) is 1.95. The van der Waals surface area contributed by atoms with Crippen molar-refractivity contribution in [1.82, 2.24) is 25.1 Å². The minimum absolute atomic E-state index is 0.376. The molecule has 166 valence electrons. The Labute approximate surface area is 194 Å². The lowest BCUT2D eigenvalue weighted by molar-refractivity contribution is 0.0286. The minimum Gasteiger partial charge on any atom is -0.444 e. The maximum absolute atomic E-state index is 12.2. The molecule has 0 bridgehead atoms. The Morgan fingerprint density at radius 3 is 2.84 bits per heavy atom. The average molecular weight is 471 g/mol. The van der Waals surface area contributed by atoms with Gasteiger partial charge in [-0.15, -0.1) is 0 Å². The third-order valence-corrected chi connectivity index (χ3v) is 5.67. The van der Waals surface area contributed by atoms with Crippen molar-refractivity contribution in [1.29, 1.82) is 0 Å². The highest BCUT2D eigenvalue weighted by Gasteiger charge is 2.20. The fourth-order valence-corrected chi connectivity index (χ4v) is 4.13. The van der Waals surface area contributed by atoms with Crippen LogP contribution in [0.3, 0.4) is 0 Å². The van der Waals surface area contributed by atoms with Gasteiger partial charge in [-0.25, -0.2) is 9.78 Å². The molecule has 4 rings (SSSR count). The predicted octanol–water partition coefficient (Wildman–Crippen LogP) is 5.85. The number of hydrogen-bond donors (Lipinski definition) is 2. The van der Waals surface area contributed by atoms with Crippen molar-refractivity contribution < 1.29 is 9.53 Å². The number of hydrogen-bond acceptors (Lipinski definition) is 7. The van der Waals surface area contributed by atoms with Crippen LogP contribution in [-0.4, -0.2) is 43.8 Å². The molecule has 3 aromatic heterocycles. The van der Waals surface area contributed by atoms with Gasteiger partial charge in [0.25, 0.3) is 0 Å². The SMILES string of the molecule is CN(Cc1cnc(Nc2n[nH]c3ccc(-c4ncccc4Cl)cc23)s1)C(=O)OC(C)(C)C. The van der Waals surface area contributed by atoms with Gasteiger partial charge in [-0.05, 0) is 45.0 Å². The van der Waals surface area contributed by atoms with E-state index in [2.05, 4.69) is 25.5 Å². The summed E-state index contributed by atoms with van der Waals surface area (Å²) in [5.74, 6) is 0.648. The zero-order valence-electron chi connectivity index (χ0n) is 18.1. The van der Waals surface area contributed by atoms with E-state index in [9.17, 15) is 4.79 Å². The number of carbonyl (C=O) groups is 1. The lowest BCUT2D eigenvalue weighted by Crippen LogP contribution is -2.33. The number of halogens is 1. The van der Waals surface area contributed by atoms with E-state index in [1.54, 1.807) is 25.5 Å². The average Bonchev–Trinajstić information content (AvgIpc) is 3.34. The molecule has 0 saturated heterocycles. The van der Waals surface area contributed by atoms with Crippen LogP contribution in [0.5, 0.6) is 0 Å². The molecule has 8 nitrogen and oxygen atoms in total. The first-order chi connectivity index (χ1) is 15.2. The number of thiazole rings is 1. The summed E-state index contributed by atoms with van der Waals surface area (Å²) in [7, 11) is 1.70. The van der Waals surface area contributed by atoms with Crippen molar-refractivity contribution in [3.05, 3.63) is 52.6 Å². The second kappa shape index (κ2) is 8.76. The lowest BCUT2D eigenvalue weighted by Gasteiger charge is -2.24. The summed E-state index contributed by atoms with van der Waals surface area (Å²) in [5, 5.41) is 12.8. The van der Waals surface area contributed by atoms with E-state index < -0.39 is 5.60 Å².